The van der Waals surface area contributed by atoms with Crippen molar-refractivity contribution in [1.82, 2.24) is 4.90 Å². The Kier molecular flexibility index (Phi) is 2.35. The van der Waals surface area contributed by atoms with Gasteiger partial charge in [0.05, 0.1) is 18.8 Å². The molecule has 2 aliphatic heterocycles. The minimum Gasteiger partial charge on any atom is -0.393 e. The molecule has 1 N–H and O–H groups in total. The first kappa shape index (κ1) is 8.48. The Hall–Kier alpha value is -0.120. The van der Waals surface area contributed by atoms with E-state index in [0.29, 0.717) is 12.0 Å². The standard InChI is InChI=1S/C9H17NO2/c1-7(11)8-2-3-10(4-8)5-9-6-12-9/h7-9,11H,2-6H2,1H3. The number of likely N-dealkylation sites (tertiary alicyclic amines) is 1. The van der Waals surface area contributed by atoms with Crippen LogP contribution in [-0.4, -0.2) is 48.5 Å². The van der Waals surface area contributed by atoms with Crippen LogP contribution in [0, 0.1) is 5.92 Å². The first-order valence-corrected chi connectivity index (χ1v) is 4.77. The summed E-state index contributed by atoms with van der Waals surface area (Å²) in [7, 11) is 0. The van der Waals surface area contributed by atoms with E-state index < -0.39 is 0 Å². The summed E-state index contributed by atoms with van der Waals surface area (Å²) in [5, 5.41) is 9.36. The van der Waals surface area contributed by atoms with Crippen molar-refractivity contribution in [3.05, 3.63) is 0 Å². The lowest BCUT2D eigenvalue weighted by Crippen LogP contribution is -2.27. The van der Waals surface area contributed by atoms with E-state index >= 15 is 0 Å². The van der Waals surface area contributed by atoms with Gasteiger partial charge in [0.15, 0.2) is 0 Å². The van der Waals surface area contributed by atoms with E-state index in [2.05, 4.69) is 4.90 Å². The predicted octanol–water partition coefficient (Wildman–Crippen LogP) is 0.0879. The maximum Gasteiger partial charge on any atom is 0.0936 e. The monoisotopic (exact) mass is 171 g/mol. The van der Waals surface area contributed by atoms with Gasteiger partial charge >= 0.3 is 0 Å². The molecule has 3 unspecified atom stereocenters. The van der Waals surface area contributed by atoms with Crippen molar-refractivity contribution in [1.29, 1.82) is 0 Å². The van der Waals surface area contributed by atoms with Gasteiger partial charge in [-0.3, -0.25) is 0 Å². The van der Waals surface area contributed by atoms with Crippen LogP contribution in [-0.2, 0) is 4.74 Å². The molecular weight excluding hydrogens is 154 g/mol. The van der Waals surface area contributed by atoms with Crippen molar-refractivity contribution in [3.8, 4) is 0 Å². The molecule has 2 fully saturated rings. The second kappa shape index (κ2) is 3.32. The Labute approximate surface area is 73.3 Å². The zero-order valence-electron chi connectivity index (χ0n) is 7.57. The lowest BCUT2D eigenvalue weighted by Gasteiger charge is -2.15. The molecule has 3 heteroatoms. The van der Waals surface area contributed by atoms with E-state index in [4.69, 9.17) is 4.74 Å². The first-order chi connectivity index (χ1) is 5.75. The largest absolute Gasteiger partial charge is 0.393 e. The Morgan fingerprint density at radius 2 is 2.42 bits per heavy atom. The number of hydrogen-bond acceptors (Lipinski definition) is 3. The molecule has 70 valence electrons. The Balaban J connectivity index is 1.73. The smallest absolute Gasteiger partial charge is 0.0936 e. The molecule has 0 aromatic rings. The summed E-state index contributed by atoms with van der Waals surface area (Å²) in [6, 6.07) is 0. The lowest BCUT2D eigenvalue weighted by atomic mass is 10.0. The Morgan fingerprint density at radius 1 is 1.67 bits per heavy atom. The second-order valence-electron chi connectivity index (χ2n) is 4.00. The summed E-state index contributed by atoms with van der Waals surface area (Å²) in [6.07, 6.45) is 1.50. The third-order valence-electron chi connectivity index (χ3n) is 2.86. The molecule has 12 heavy (non-hydrogen) atoms. The number of epoxide rings is 1. The van der Waals surface area contributed by atoms with Crippen LogP contribution in [0.2, 0.25) is 0 Å². The molecule has 3 atom stereocenters. The molecule has 0 spiro atoms. The van der Waals surface area contributed by atoms with E-state index in [9.17, 15) is 5.11 Å². The third-order valence-corrected chi connectivity index (χ3v) is 2.86. The van der Waals surface area contributed by atoms with Crippen LogP contribution in [0.3, 0.4) is 0 Å². The van der Waals surface area contributed by atoms with Crippen molar-refractivity contribution in [2.45, 2.75) is 25.6 Å². The van der Waals surface area contributed by atoms with Crippen molar-refractivity contribution >= 4 is 0 Å². The molecule has 0 radical (unpaired) electrons. The maximum absolute atomic E-state index is 9.36. The van der Waals surface area contributed by atoms with Crippen LogP contribution in [0.4, 0.5) is 0 Å². The molecule has 0 aliphatic carbocycles. The van der Waals surface area contributed by atoms with Crippen molar-refractivity contribution in [3.63, 3.8) is 0 Å². The quantitative estimate of drug-likeness (QED) is 0.611. The Bertz CT molecular complexity index is 157. The van der Waals surface area contributed by atoms with Gasteiger partial charge in [-0.25, -0.2) is 0 Å². The normalized spacial score (nSPS) is 38.5. The van der Waals surface area contributed by atoms with E-state index in [1.165, 1.54) is 0 Å². The van der Waals surface area contributed by atoms with Gasteiger partial charge in [0.25, 0.3) is 0 Å². The SMILES string of the molecule is CC(O)C1CCN(CC2CO2)C1. The number of rotatable bonds is 3. The minimum absolute atomic E-state index is 0.143. The molecule has 0 amide bonds. The van der Waals surface area contributed by atoms with Gasteiger partial charge in [-0.05, 0) is 25.8 Å². The van der Waals surface area contributed by atoms with Crippen molar-refractivity contribution in [2.75, 3.05) is 26.2 Å². The van der Waals surface area contributed by atoms with Gasteiger partial charge in [0, 0.05) is 13.1 Å². The van der Waals surface area contributed by atoms with Crippen LogP contribution < -0.4 is 0 Å². The molecular formula is C9H17NO2. The number of nitrogens with zero attached hydrogens (tertiary/aromatic N) is 1. The number of hydrogen-bond donors (Lipinski definition) is 1. The fourth-order valence-electron chi connectivity index (χ4n) is 1.88. The fraction of sp³-hybridized carbons (Fsp3) is 1.00. The molecule has 0 aromatic carbocycles. The number of aliphatic hydroxyl groups excluding tert-OH is 1. The number of ether oxygens (including phenoxy) is 1. The van der Waals surface area contributed by atoms with Gasteiger partial charge in [-0.2, -0.15) is 0 Å². The summed E-state index contributed by atoms with van der Waals surface area (Å²) >= 11 is 0. The predicted molar refractivity (Wildman–Crippen MR) is 46.0 cm³/mol. The van der Waals surface area contributed by atoms with Crippen LogP contribution in [0.15, 0.2) is 0 Å². The molecule has 0 saturated carbocycles. The highest BCUT2D eigenvalue weighted by molar-refractivity contribution is 4.83. The molecule has 2 heterocycles. The average Bonchev–Trinajstić information content (AvgIpc) is 2.66. The highest BCUT2D eigenvalue weighted by Gasteiger charge is 2.31. The fourth-order valence-corrected chi connectivity index (χ4v) is 1.88. The molecule has 2 saturated heterocycles. The molecule has 2 aliphatic rings. The summed E-state index contributed by atoms with van der Waals surface area (Å²) in [5.74, 6) is 0.490. The summed E-state index contributed by atoms with van der Waals surface area (Å²) in [4.78, 5) is 2.40. The maximum atomic E-state index is 9.36. The van der Waals surface area contributed by atoms with Crippen molar-refractivity contribution in [2.24, 2.45) is 5.92 Å². The van der Waals surface area contributed by atoms with Gasteiger partial charge < -0.3 is 14.7 Å². The highest BCUT2D eigenvalue weighted by Crippen LogP contribution is 2.21. The van der Waals surface area contributed by atoms with E-state index in [0.717, 1.165) is 32.7 Å². The van der Waals surface area contributed by atoms with Gasteiger partial charge in [0.2, 0.25) is 0 Å². The minimum atomic E-state index is -0.143. The molecule has 2 rings (SSSR count). The zero-order valence-corrected chi connectivity index (χ0v) is 7.57. The van der Waals surface area contributed by atoms with Crippen LogP contribution in [0.1, 0.15) is 13.3 Å². The molecule has 3 nitrogen and oxygen atoms in total. The van der Waals surface area contributed by atoms with Gasteiger partial charge in [-0.15, -0.1) is 0 Å². The summed E-state index contributed by atoms with van der Waals surface area (Å²) < 4.78 is 5.16. The van der Waals surface area contributed by atoms with Crippen LogP contribution in [0.25, 0.3) is 0 Å². The van der Waals surface area contributed by atoms with Gasteiger partial charge in [0.1, 0.15) is 0 Å². The van der Waals surface area contributed by atoms with Gasteiger partial charge in [-0.1, -0.05) is 0 Å². The van der Waals surface area contributed by atoms with E-state index in [1.807, 2.05) is 6.92 Å². The summed E-state index contributed by atoms with van der Waals surface area (Å²) in [6.45, 7) is 6.09. The Morgan fingerprint density at radius 3 is 2.92 bits per heavy atom. The average molecular weight is 171 g/mol. The third kappa shape index (κ3) is 1.97. The lowest BCUT2D eigenvalue weighted by molar-refractivity contribution is 0.127. The molecule has 0 bridgehead atoms. The van der Waals surface area contributed by atoms with Crippen LogP contribution in [0.5, 0.6) is 0 Å². The van der Waals surface area contributed by atoms with E-state index in [-0.39, 0.29) is 6.10 Å². The highest BCUT2D eigenvalue weighted by atomic mass is 16.6. The summed E-state index contributed by atoms with van der Waals surface area (Å²) in [5.41, 5.74) is 0. The molecule has 0 aromatic heterocycles. The van der Waals surface area contributed by atoms with Crippen LogP contribution >= 0.6 is 0 Å². The van der Waals surface area contributed by atoms with Crippen molar-refractivity contribution < 1.29 is 9.84 Å². The topological polar surface area (TPSA) is 36.0 Å². The van der Waals surface area contributed by atoms with E-state index in [1.54, 1.807) is 0 Å². The number of aliphatic hydroxyl groups is 1. The second-order valence-corrected chi connectivity index (χ2v) is 4.00. The zero-order chi connectivity index (χ0) is 8.55. The first-order valence-electron chi connectivity index (χ1n) is 4.77.